The van der Waals surface area contributed by atoms with Crippen molar-refractivity contribution in [2.75, 3.05) is 51.2 Å². The molecule has 1 saturated heterocycles. The summed E-state index contributed by atoms with van der Waals surface area (Å²) in [4.78, 5) is 28.4. The van der Waals surface area contributed by atoms with Crippen LogP contribution >= 0.6 is 0 Å². The summed E-state index contributed by atoms with van der Waals surface area (Å²) >= 11 is 0. The predicted molar refractivity (Wildman–Crippen MR) is 93.1 cm³/mol. The molecule has 24 heavy (non-hydrogen) atoms. The van der Waals surface area contributed by atoms with E-state index in [1.807, 2.05) is 4.90 Å². The van der Waals surface area contributed by atoms with Gasteiger partial charge in [0.05, 0.1) is 5.69 Å². The van der Waals surface area contributed by atoms with Crippen molar-refractivity contribution in [1.29, 1.82) is 0 Å². The van der Waals surface area contributed by atoms with E-state index in [9.17, 15) is 4.79 Å². The van der Waals surface area contributed by atoms with Crippen molar-refractivity contribution in [3.63, 3.8) is 0 Å². The number of rotatable bonds is 3. The average molecular weight is 329 g/mol. The Kier molecular flexibility index (Phi) is 4.39. The molecule has 1 aliphatic carbocycles. The second kappa shape index (κ2) is 6.67. The minimum absolute atomic E-state index is 0.333. The Balaban J connectivity index is 1.48. The van der Waals surface area contributed by atoms with Gasteiger partial charge in [0.1, 0.15) is 12.1 Å². The number of anilines is 1. The summed E-state index contributed by atoms with van der Waals surface area (Å²) in [5.41, 5.74) is 2.41. The first-order valence-corrected chi connectivity index (χ1v) is 9.24. The Hall–Kier alpha value is -1.69. The SMILES string of the molecule is CN1CCN(c2ncnc3c2CCN(C(=O)CC2CC2)CC3)CC1. The highest BCUT2D eigenvalue weighted by Gasteiger charge is 2.29. The van der Waals surface area contributed by atoms with Gasteiger partial charge in [-0.2, -0.15) is 0 Å². The molecule has 2 aliphatic heterocycles. The average Bonchev–Trinajstić information content (AvgIpc) is 3.41. The highest BCUT2D eigenvalue weighted by atomic mass is 16.2. The fourth-order valence-corrected chi connectivity index (χ4v) is 3.75. The zero-order chi connectivity index (χ0) is 16.5. The molecule has 130 valence electrons. The van der Waals surface area contributed by atoms with Crippen LogP contribution in [-0.4, -0.2) is 72.0 Å². The molecule has 1 saturated carbocycles. The number of aromatic nitrogens is 2. The second-order valence-electron chi connectivity index (χ2n) is 7.44. The lowest BCUT2D eigenvalue weighted by atomic mass is 10.1. The summed E-state index contributed by atoms with van der Waals surface area (Å²) in [5.74, 6) is 2.09. The van der Waals surface area contributed by atoms with Crippen LogP contribution in [0.3, 0.4) is 0 Å². The molecule has 0 N–H and O–H groups in total. The van der Waals surface area contributed by atoms with E-state index in [1.54, 1.807) is 6.33 Å². The Morgan fingerprint density at radius 1 is 1.08 bits per heavy atom. The van der Waals surface area contributed by atoms with Gasteiger partial charge in [-0.3, -0.25) is 4.79 Å². The zero-order valence-corrected chi connectivity index (χ0v) is 14.6. The van der Waals surface area contributed by atoms with E-state index in [4.69, 9.17) is 0 Å². The highest BCUT2D eigenvalue weighted by molar-refractivity contribution is 5.77. The van der Waals surface area contributed by atoms with Gasteiger partial charge in [-0.25, -0.2) is 9.97 Å². The maximum absolute atomic E-state index is 12.4. The predicted octanol–water partition coefficient (Wildman–Crippen LogP) is 0.956. The molecule has 1 aromatic rings. The minimum Gasteiger partial charge on any atom is -0.354 e. The number of hydrogen-bond donors (Lipinski definition) is 0. The third kappa shape index (κ3) is 3.38. The van der Waals surface area contributed by atoms with Crippen molar-refractivity contribution in [1.82, 2.24) is 19.8 Å². The van der Waals surface area contributed by atoms with E-state index in [2.05, 4.69) is 26.8 Å². The maximum Gasteiger partial charge on any atom is 0.222 e. The van der Waals surface area contributed by atoms with Crippen LogP contribution in [0.25, 0.3) is 0 Å². The van der Waals surface area contributed by atoms with Crippen LogP contribution in [0.4, 0.5) is 5.82 Å². The molecule has 0 atom stereocenters. The van der Waals surface area contributed by atoms with Gasteiger partial charge in [-0.05, 0) is 32.2 Å². The topological polar surface area (TPSA) is 52.6 Å². The molecule has 0 aromatic carbocycles. The zero-order valence-electron chi connectivity index (χ0n) is 14.6. The van der Waals surface area contributed by atoms with Gasteiger partial charge in [-0.1, -0.05) is 0 Å². The number of hydrogen-bond acceptors (Lipinski definition) is 5. The molecular weight excluding hydrogens is 302 g/mol. The third-order valence-electron chi connectivity index (χ3n) is 5.58. The van der Waals surface area contributed by atoms with Crippen molar-refractivity contribution in [2.45, 2.75) is 32.1 Å². The van der Waals surface area contributed by atoms with Crippen molar-refractivity contribution >= 4 is 11.7 Å². The van der Waals surface area contributed by atoms with Crippen LogP contribution in [0.2, 0.25) is 0 Å². The highest BCUT2D eigenvalue weighted by Crippen LogP contribution is 2.33. The van der Waals surface area contributed by atoms with Crippen LogP contribution in [0.1, 0.15) is 30.5 Å². The van der Waals surface area contributed by atoms with Crippen molar-refractivity contribution in [3.05, 3.63) is 17.6 Å². The molecule has 3 aliphatic rings. The first-order chi connectivity index (χ1) is 11.7. The molecule has 0 spiro atoms. The lowest BCUT2D eigenvalue weighted by Crippen LogP contribution is -2.45. The van der Waals surface area contributed by atoms with Gasteiger partial charge >= 0.3 is 0 Å². The van der Waals surface area contributed by atoms with E-state index < -0.39 is 0 Å². The summed E-state index contributed by atoms with van der Waals surface area (Å²) < 4.78 is 0. The smallest absolute Gasteiger partial charge is 0.222 e. The Labute approximate surface area is 143 Å². The fraction of sp³-hybridized carbons (Fsp3) is 0.722. The summed E-state index contributed by atoms with van der Waals surface area (Å²) in [6.45, 7) is 5.80. The van der Waals surface area contributed by atoms with Crippen molar-refractivity contribution in [3.8, 4) is 0 Å². The van der Waals surface area contributed by atoms with Gasteiger partial charge in [0, 0.05) is 57.7 Å². The van der Waals surface area contributed by atoms with Crippen LogP contribution in [0, 0.1) is 5.92 Å². The Morgan fingerprint density at radius 2 is 1.83 bits per heavy atom. The largest absolute Gasteiger partial charge is 0.354 e. The number of nitrogens with zero attached hydrogens (tertiary/aromatic N) is 5. The van der Waals surface area contributed by atoms with E-state index in [0.717, 1.165) is 70.0 Å². The van der Waals surface area contributed by atoms with Gasteiger partial charge in [-0.15, -0.1) is 0 Å². The second-order valence-corrected chi connectivity index (χ2v) is 7.44. The van der Waals surface area contributed by atoms with E-state index in [1.165, 1.54) is 18.4 Å². The Morgan fingerprint density at radius 3 is 2.58 bits per heavy atom. The number of likely N-dealkylation sites (N-methyl/N-ethyl adjacent to an activating group) is 1. The number of amides is 1. The lowest BCUT2D eigenvalue weighted by Gasteiger charge is -2.34. The first-order valence-electron chi connectivity index (χ1n) is 9.24. The molecule has 1 amide bonds. The van der Waals surface area contributed by atoms with Gasteiger partial charge in [0.25, 0.3) is 0 Å². The van der Waals surface area contributed by atoms with Gasteiger partial charge in [0.15, 0.2) is 0 Å². The summed E-state index contributed by atoms with van der Waals surface area (Å²) in [7, 11) is 2.17. The molecule has 2 fully saturated rings. The summed E-state index contributed by atoms with van der Waals surface area (Å²) in [6.07, 6.45) is 6.66. The third-order valence-corrected chi connectivity index (χ3v) is 5.58. The van der Waals surface area contributed by atoms with Crippen LogP contribution in [0.15, 0.2) is 6.33 Å². The van der Waals surface area contributed by atoms with Gasteiger partial charge < -0.3 is 14.7 Å². The molecule has 0 unspecified atom stereocenters. The van der Waals surface area contributed by atoms with Crippen LogP contribution in [-0.2, 0) is 17.6 Å². The summed E-state index contributed by atoms with van der Waals surface area (Å²) in [5, 5.41) is 0. The van der Waals surface area contributed by atoms with E-state index in [0.29, 0.717) is 11.8 Å². The van der Waals surface area contributed by atoms with Gasteiger partial charge in [0.2, 0.25) is 5.91 Å². The molecule has 0 bridgehead atoms. The molecule has 4 rings (SSSR count). The number of carbonyl (C=O) groups excluding carboxylic acids is 1. The van der Waals surface area contributed by atoms with E-state index >= 15 is 0 Å². The monoisotopic (exact) mass is 329 g/mol. The molecular formula is C18H27N5O. The Bertz CT molecular complexity index is 607. The number of carbonyl (C=O) groups is 1. The minimum atomic E-state index is 0.333. The number of fused-ring (bicyclic) bond motifs is 1. The van der Waals surface area contributed by atoms with E-state index in [-0.39, 0.29) is 0 Å². The van der Waals surface area contributed by atoms with Crippen molar-refractivity contribution in [2.24, 2.45) is 5.92 Å². The van der Waals surface area contributed by atoms with Crippen LogP contribution in [0.5, 0.6) is 0 Å². The van der Waals surface area contributed by atoms with Crippen LogP contribution < -0.4 is 4.90 Å². The quantitative estimate of drug-likeness (QED) is 0.827. The molecule has 6 nitrogen and oxygen atoms in total. The first kappa shape index (κ1) is 15.8. The molecule has 3 heterocycles. The number of piperazine rings is 1. The molecule has 6 heteroatoms. The van der Waals surface area contributed by atoms with Crippen molar-refractivity contribution < 1.29 is 4.79 Å². The normalized spacial score (nSPS) is 22.2. The molecule has 1 aromatic heterocycles. The lowest BCUT2D eigenvalue weighted by molar-refractivity contribution is -0.131. The standard InChI is InChI=1S/C18H27N5O/c1-21-8-10-23(11-9-21)18-15-4-6-22(17(24)12-14-2-3-14)7-5-16(15)19-13-20-18/h13-14H,2-12H2,1H3. The molecule has 0 radical (unpaired) electrons. The summed E-state index contributed by atoms with van der Waals surface area (Å²) in [6, 6.07) is 0. The maximum atomic E-state index is 12.4. The fourth-order valence-electron chi connectivity index (χ4n) is 3.75.